The second-order valence-corrected chi connectivity index (χ2v) is 4.18. The van der Waals surface area contributed by atoms with Crippen molar-refractivity contribution < 1.29 is 19.3 Å². The number of hydrogen-bond acceptors (Lipinski definition) is 6. The Balaban J connectivity index is 2.76. The highest BCUT2D eigenvalue weighted by Gasteiger charge is 2.27. The molecule has 0 atom stereocenters. The highest BCUT2D eigenvalue weighted by molar-refractivity contribution is 5.98. The normalized spacial score (nSPS) is 12.5. The fourth-order valence-electron chi connectivity index (χ4n) is 1.17. The van der Waals surface area contributed by atoms with Crippen LogP contribution >= 0.6 is 0 Å². The number of hydrogen-bond donors (Lipinski definition) is 3. The summed E-state index contributed by atoms with van der Waals surface area (Å²) in [6.45, 7) is 3.41. The van der Waals surface area contributed by atoms with Crippen LogP contribution in [0.3, 0.4) is 0 Å². The molecule has 0 radical (unpaired) electrons. The molecule has 1 rings (SSSR count). The van der Waals surface area contributed by atoms with Gasteiger partial charge in [0.25, 0.3) is 5.91 Å². The van der Waals surface area contributed by atoms with Crippen molar-refractivity contribution in [3.8, 4) is 0 Å². The highest BCUT2D eigenvalue weighted by atomic mass is 16.5. The van der Waals surface area contributed by atoms with Gasteiger partial charge in [-0.2, -0.15) is 0 Å². The van der Waals surface area contributed by atoms with Crippen LogP contribution in [-0.4, -0.2) is 34.8 Å². The van der Waals surface area contributed by atoms with E-state index in [1.165, 1.54) is 13.2 Å². The largest absolute Gasteiger partial charge is 0.409 e. The van der Waals surface area contributed by atoms with E-state index in [1.54, 1.807) is 13.8 Å². The van der Waals surface area contributed by atoms with Crippen molar-refractivity contribution in [1.29, 1.82) is 0 Å². The van der Waals surface area contributed by atoms with E-state index in [1.807, 2.05) is 0 Å². The SMILES string of the molecule is COCc1cc(C(=O)NC(C)(C)C(N)=NO)no1. The van der Waals surface area contributed by atoms with Gasteiger partial charge in [0.05, 0.1) is 5.54 Å². The van der Waals surface area contributed by atoms with E-state index in [2.05, 4.69) is 15.6 Å². The minimum atomic E-state index is -0.994. The zero-order valence-corrected chi connectivity index (χ0v) is 10.4. The molecule has 0 aromatic carbocycles. The van der Waals surface area contributed by atoms with E-state index in [0.717, 1.165) is 0 Å². The Bertz CT molecular complexity index is 452. The van der Waals surface area contributed by atoms with Crippen LogP contribution in [0.5, 0.6) is 0 Å². The number of carbonyl (C=O) groups excluding carboxylic acids is 1. The molecule has 0 aliphatic heterocycles. The Labute approximate surface area is 104 Å². The maximum Gasteiger partial charge on any atom is 0.274 e. The summed E-state index contributed by atoms with van der Waals surface area (Å²) in [6, 6.07) is 1.46. The number of amidine groups is 1. The van der Waals surface area contributed by atoms with E-state index in [4.69, 9.17) is 20.2 Å². The number of rotatable bonds is 5. The Morgan fingerprint density at radius 1 is 1.72 bits per heavy atom. The van der Waals surface area contributed by atoms with E-state index >= 15 is 0 Å². The van der Waals surface area contributed by atoms with Gasteiger partial charge < -0.3 is 25.5 Å². The molecule has 8 nitrogen and oxygen atoms in total. The summed E-state index contributed by atoms with van der Waals surface area (Å²) in [4.78, 5) is 11.8. The summed E-state index contributed by atoms with van der Waals surface area (Å²) < 4.78 is 9.72. The number of nitrogens with two attached hydrogens (primary N) is 1. The average molecular weight is 256 g/mol. The predicted octanol–water partition coefficient (Wildman–Crippen LogP) is 0.0758. The first kappa shape index (κ1) is 14.0. The molecule has 1 amide bonds. The number of aromatic nitrogens is 1. The molecular formula is C10H16N4O4. The van der Waals surface area contributed by atoms with Crippen molar-refractivity contribution in [2.24, 2.45) is 10.9 Å². The third-order valence-electron chi connectivity index (χ3n) is 2.25. The number of oxime groups is 1. The van der Waals surface area contributed by atoms with Gasteiger partial charge in [0.2, 0.25) is 0 Å². The Kier molecular flexibility index (Phi) is 4.27. The van der Waals surface area contributed by atoms with Crippen LogP contribution in [0.2, 0.25) is 0 Å². The summed E-state index contributed by atoms with van der Waals surface area (Å²) in [5, 5.41) is 17.6. The molecule has 1 aromatic heterocycles. The first-order valence-corrected chi connectivity index (χ1v) is 5.15. The van der Waals surface area contributed by atoms with Gasteiger partial charge in [-0.1, -0.05) is 10.3 Å². The molecule has 1 aromatic rings. The molecule has 0 bridgehead atoms. The van der Waals surface area contributed by atoms with Gasteiger partial charge >= 0.3 is 0 Å². The second-order valence-electron chi connectivity index (χ2n) is 4.18. The van der Waals surface area contributed by atoms with E-state index in [9.17, 15) is 4.79 Å². The van der Waals surface area contributed by atoms with Crippen LogP contribution in [0.15, 0.2) is 15.7 Å². The van der Waals surface area contributed by atoms with Crippen LogP contribution in [-0.2, 0) is 11.3 Å². The molecule has 4 N–H and O–H groups in total. The van der Waals surface area contributed by atoms with Gasteiger partial charge in [0.1, 0.15) is 6.61 Å². The summed E-state index contributed by atoms with van der Waals surface area (Å²) in [5.41, 5.74) is 4.56. The minimum absolute atomic E-state index is 0.0980. The average Bonchev–Trinajstić information content (AvgIpc) is 2.76. The van der Waals surface area contributed by atoms with Gasteiger partial charge in [-0.15, -0.1) is 0 Å². The zero-order chi connectivity index (χ0) is 13.8. The van der Waals surface area contributed by atoms with E-state index in [0.29, 0.717) is 5.76 Å². The number of nitrogens with one attached hydrogen (secondary N) is 1. The van der Waals surface area contributed by atoms with Gasteiger partial charge in [0, 0.05) is 13.2 Å². The number of methoxy groups -OCH3 is 1. The van der Waals surface area contributed by atoms with Crippen LogP contribution in [0, 0.1) is 0 Å². The molecule has 100 valence electrons. The van der Waals surface area contributed by atoms with Gasteiger partial charge in [-0.25, -0.2) is 0 Å². The molecule has 0 spiro atoms. The molecule has 0 unspecified atom stereocenters. The molecule has 0 aliphatic rings. The summed E-state index contributed by atoms with van der Waals surface area (Å²) in [5.74, 6) is -0.168. The number of amides is 1. The minimum Gasteiger partial charge on any atom is -0.409 e. The van der Waals surface area contributed by atoms with Crippen LogP contribution in [0.1, 0.15) is 30.1 Å². The topological polar surface area (TPSA) is 123 Å². The predicted molar refractivity (Wildman–Crippen MR) is 62.2 cm³/mol. The lowest BCUT2D eigenvalue weighted by atomic mass is 10.0. The molecule has 0 fully saturated rings. The van der Waals surface area contributed by atoms with Crippen molar-refractivity contribution >= 4 is 11.7 Å². The summed E-state index contributed by atoms with van der Waals surface area (Å²) in [7, 11) is 1.50. The van der Waals surface area contributed by atoms with Gasteiger partial charge in [-0.05, 0) is 13.8 Å². The lowest BCUT2D eigenvalue weighted by Crippen LogP contribution is -2.53. The van der Waals surface area contributed by atoms with Crippen LogP contribution < -0.4 is 11.1 Å². The molecule has 0 saturated heterocycles. The first-order chi connectivity index (χ1) is 8.40. The molecule has 0 saturated carbocycles. The third-order valence-corrected chi connectivity index (χ3v) is 2.25. The maximum atomic E-state index is 11.8. The third kappa shape index (κ3) is 3.20. The van der Waals surface area contributed by atoms with Gasteiger partial charge in [-0.3, -0.25) is 4.79 Å². The second kappa shape index (κ2) is 5.50. The Hall–Kier alpha value is -2.09. The Morgan fingerprint density at radius 2 is 2.39 bits per heavy atom. The first-order valence-electron chi connectivity index (χ1n) is 5.15. The van der Waals surface area contributed by atoms with Crippen molar-refractivity contribution in [3.05, 3.63) is 17.5 Å². The Morgan fingerprint density at radius 3 is 2.94 bits per heavy atom. The molecule has 18 heavy (non-hydrogen) atoms. The smallest absolute Gasteiger partial charge is 0.274 e. The fourth-order valence-corrected chi connectivity index (χ4v) is 1.17. The summed E-state index contributed by atoms with van der Waals surface area (Å²) >= 11 is 0. The standard InChI is InChI=1S/C10H16N4O4/c1-10(2,9(11)13-16)12-8(15)7-4-6(5-17-3)18-14-7/h4,16H,5H2,1-3H3,(H2,11,13)(H,12,15). The van der Waals surface area contributed by atoms with E-state index < -0.39 is 11.4 Å². The van der Waals surface area contributed by atoms with Crippen molar-refractivity contribution in [2.75, 3.05) is 7.11 Å². The summed E-state index contributed by atoms with van der Waals surface area (Å²) in [6.07, 6.45) is 0. The quantitative estimate of drug-likeness (QED) is 0.296. The fraction of sp³-hybridized carbons (Fsp3) is 0.500. The lowest BCUT2D eigenvalue weighted by molar-refractivity contribution is 0.0921. The number of carbonyl (C=O) groups is 1. The number of nitrogens with zero attached hydrogens (tertiary/aromatic N) is 2. The maximum absolute atomic E-state index is 11.8. The van der Waals surface area contributed by atoms with Crippen LogP contribution in [0.25, 0.3) is 0 Å². The highest BCUT2D eigenvalue weighted by Crippen LogP contribution is 2.08. The molecule has 0 aliphatic carbocycles. The molecule has 1 heterocycles. The van der Waals surface area contributed by atoms with Crippen molar-refractivity contribution in [1.82, 2.24) is 10.5 Å². The van der Waals surface area contributed by atoms with Gasteiger partial charge in [0.15, 0.2) is 17.3 Å². The number of ether oxygens (including phenoxy) is 1. The molecule has 8 heteroatoms. The van der Waals surface area contributed by atoms with E-state index in [-0.39, 0.29) is 18.1 Å². The van der Waals surface area contributed by atoms with Crippen molar-refractivity contribution in [3.63, 3.8) is 0 Å². The zero-order valence-electron chi connectivity index (χ0n) is 10.4. The van der Waals surface area contributed by atoms with Crippen molar-refractivity contribution in [2.45, 2.75) is 26.0 Å². The lowest BCUT2D eigenvalue weighted by Gasteiger charge is -2.23. The monoisotopic (exact) mass is 256 g/mol. The van der Waals surface area contributed by atoms with Crippen LogP contribution in [0.4, 0.5) is 0 Å². The molecular weight excluding hydrogens is 240 g/mol.